The Balaban J connectivity index is 1.75. The van der Waals surface area contributed by atoms with Crippen LogP contribution in [0.5, 0.6) is 0 Å². The molecule has 7 nitrogen and oxygen atoms in total. The molecule has 1 aromatic carbocycles. The number of carbonyl (C=O) groups excluding carboxylic acids is 2. The van der Waals surface area contributed by atoms with E-state index in [1.165, 1.54) is 28.7 Å². The van der Waals surface area contributed by atoms with Crippen LogP contribution in [0.1, 0.15) is 5.56 Å². The highest BCUT2D eigenvalue weighted by Gasteiger charge is 2.46. The molecule has 110 valence electrons. The predicted molar refractivity (Wildman–Crippen MR) is 80.3 cm³/mol. The van der Waals surface area contributed by atoms with Crippen molar-refractivity contribution in [3.05, 3.63) is 35.9 Å². The molecule has 8 heteroatoms. The molecule has 0 aromatic heterocycles. The number of hydrogen-bond acceptors (Lipinski definition) is 4. The van der Waals surface area contributed by atoms with Gasteiger partial charge in [0.05, 0.1) is 6.54 Å². The van der Waals surface area contributed by atoms with Crippen LogP contribution in [-0.4, -0.2) is 51.6 Å². The van der Waals surface area contributed by atoms with Gasteiger partial charge in [-0.05, 0) is 17.3 Å². The first-order valence-corrected chi connectivity index (χ1v) is 7.31. The van der Waals surface area contributed by atoms with E-state index in [-0.39, 0.29) is 12.1 Å². The normalized spacial score (nSPS) is 23.6. The van der Waals surface area contributed by atoms with E-state index in [1.807, 2.05) is 30.3 Å². The van der Waals surface area contributed by atoms with Crippen molar-refractivity contribution in [2.75, 3.05) is 14.1 Å². The number of aliphatic imine (C=N–C) groups is 1. The van der Waals surface area contributed by atoms with Crippen LogP contribution < -0.4 is 5.43 Å². The van der Waals surface area contributed by atoms with Crippen LogP contribution in [0, 0.1) is 0 Å². The standard InChI is InChI=1S/C13H15N5O2S/c1-16-11(19)17(2)13-18(12(16)20)15-10(21-13)14-8-9-6-4-3-5-7-9/h3-7,13H,8H2,1-2H3,(H,14,15). The third-order valence-electron chi connectivity index (χ3n) is 3.32. The van der Waals surface area contributed by atoms with Gasteiger partial charge in [-0.2, -0.15) is 0 Å². The van der Waals surface area contributed by atoms with E-state index < -0.39 is 5.50 Å². The maximum absolute atomic E-state index is 12.1. The smallest absolute Gasteiger partial charge is 0.296 e. The van der Waals surface area contributed by atoms with Crippen molar-refractivity contribution < 1.29 is 9.59 Å². The minimum Gasteiger partial charge on any atom is -0.296 e. The number of hydrazine groups is 1. The Morgan fingerprint density at radius 3 is 2.62 bits per heavy atom. The van der Waals surface area contributed by atoms with Crippen LogP contribution in [0.25, 0.3) is 0 Å². The van der Waals surface area contributed by atoms with Crippen LogP contribution in [0.3, 0.4) is 0 Å². The quantitative estimate of drug-likeness (QED) is 0.899. The molecule has 2 aliphatic heterocycles. The number of rotatable bonds is 2. The summed E-state index contributed by atoms with van der Waals surface area (Å²) in [4.78, 5) is 31.0. The van der Waals surface area contributed by atoms with Crippen LogP contribution in [-0.2, 0) is 6.54 Å². The summed E-state index contributed by atoms with van der Waals surface area (Å²) in [5, 5.41) is 2.04. The molecule has 1 aromatic rings. The molecule has 2 aliphatic rings. The zero-order valence-electron chi connectivity index (χ0n) is 11.7. The van der Waals surface area contributed by atoms with Gasteiger partial charge in [0, 0.05) is 14.1 Å². The minimum absolute atomic E-state index is 0.320. The van der Waals surface area contributed by atoms with Crippen molar-refractivity contribution in [3.8, 4) is 0 Å². The lowest BCUT2D eigenvalue weighted by molar-refractivity contribution is 0.0758. The zero-order valence-corrected chi connectivity index (χ0v) is 12.5. The lowest BCUT2D eigenvalue weighted by atomic mass is 10.2. The van der Waals surface area contributed by atoms with E-state index in [0.717, 1.165) is 10.5 Å². The second-order valence-corrected chi connectivity index (χ2v) is 5.81. The van der Waals surface area contributed by atoms with Crippen molar-refractivity contribution in [3.63, 3.8) is 0 Å². The number of thioether (sulfide) groups is 1. The molecule has 2 saturated heterocycles. The van der Waals surface area contributed by atoms with Gasteiger partial charge < -0.3 is 0 Å². The molecule has 0 bridgehead atoms. The van der Waals surface area contributed by atoms with E-state index in [4.69, 9.17) is 0 Å². The van der Waals surface area contributed by atoms with Crippen LogP contribution in [0.15, 0.2) is 35.3 Å². The number of imide groups is 1. The Morgan fingerprint density at radius 2 is 1.90 bits per heavy atom. The summed E-state index contributed by atoms with van der Waals surface area (Å²) in [7, 11) is 3.13. The molecule has 1 N–H and O–H groups in total. The van der Waals surface area contributed by atoms with Gasteiger partial charge in [0.25, 0.3) is 0 Å². The number of hydrogen-bond donors (Lipinski definition) is 1. The summed E-state index contributed by atoms with van der Waals surface area (Å²) in [6, 6.07) is 9.16. The number of carbonyl (C=O) groups is 2. The molecule has 1 atom stereocenters. The van der Waals surface area contributed by atoms with E-state index in [2.05, 4.69) is 10.4 Å². The summed E-state index contributed by atoms with van der Waals surface area (Å²) in [5.74, 6) is 0. The first-order chi connectivity index (χ1) is 10.1. The topological polar surface area (TPSA) is 68.2 Å². The van der Waals surface area contributed by atoms with Crippen LogP contribution >= 0.6 is 11.8 Å². The highest BCUT2D eigenvalue weighted by atomic mass is 32.2. The average Bonchev–Trinajstić information content (AvgIpc) is 2.94. The SMILES string of the molecule is CN1C(=O)N(C)C2SC(=NCc3ccccc3)NN2C1=O. The lowest BCUT2D eigenvalue weighted by Gasteiger charge is -2.38. The Bertz CT molecular complexity index is 606. The Hall–Kier alpha value is -2.22. The second-order valence-electron chi connectivity index (χ2n) is 4.77. The Labute approximate surface area is 126 Å². The van der Waals surface area contributed by atoms with Crippen molar-refractivity contribution in [2.24, 2.45) is 4.99 Å². The monoisotopic (exact) mass is 305 g/mol. The van der Waals surface area contributed by atoms with E-state index in [1.54, 1.807) is 7.05 Å². The molecule has 0 radical (unpaired) electrons. The van der Waals surface area contributed by atoms with Gasteiger partial charge in [0.15, 0.2) is 10.7 Å². The van der Waals surface area contributed by atoms with Gasteiger partial charge in [-0.3, -0.25) is 15.3 Å². The summed E-state index contributed by atoms with van der Waals surface area (Å²) < 4.78 is 0. The summed E-state index contributed by atoms with van der Waals surface area (Å²) in [5.41, 5.74) is 3.65. The molecule has 21 heavy (non-hydrogen) atoms. The van der Waals surface area contributed by atoms with Gasteiger partial charge in [-0.15, -0.1) is 0 Å². The molecule has 0 aliphatic carbocycles. The highest BCUT2D eigenvalue weighted by Crippen LogP contribution is 2.30. The number of nitrogens with one attached hydrogen (secondary N) is 1. The fourth-order valence-corrected chi connectivity index (χ4v) is 3.11. The maximum atomic E-state index is 12.1. The van der Waals surface area contributed by atoms with Crippen molar-refractivity contribution in [2.45, 2.75) is 12.0 Å². The maximum Gasteiger partial charge on any atom is 0.349 e. The number of fused-ring (bicyclic) bond motifs is 1. The second kappa shape index (κ2) is 5.28. The molecule has 1 unspecified atom stereocenters. The first kappa shape index (κ1) is 13.7. The number of benzene rings is 1. The molecular weight excluding hydrogens is 290 g/mol. The largest absolute Gasteiger partial charge is 0.349 e. The highest BCUT2D eigenvalue weighted by molar-refractivity contribution is 8.14. The number of amidine groups is 1. The molecule has 3 rings (SSSR count). The van der Waals surface area contributed by atoms with E-state index >= 15 is 0 Å². The molecule has 2 heterocycles. The number of amides is 4. The fourth-order valence-electron chi connectivity index (χ4n) is 2.13. The lowest BCUT2D eigenvalue weighted by Crippen LogP contribution is -2.63. The fraction of sp³-hybridized carbons (Fsp3) is 0.308. The average molecular weight is 305 g/mol. The van der Waals surface area contributed by atoms with Gasteiger partial charge in [0.1, 0.15) is 0 Å². The summed E-state index contributed by atoms with van der Waals surface area (Å²) in [6.07, 6.45) is 0. The van der Waals surface area contributed by atoms with E-state index in [0.29, 0.717) is 11.7 Å². The Morgan fingerprint density at radius 1 is 1.19 bits per heavy atom. The minimum atomic E-state index is -0.393. The molecular formula is C13H15N5O2S. The Kier molecular flexibility index (Phi) is 3.46. The van der Waals surface area contributed by atoms with E-state index in [9.17, 15) is 9.59 Å². The third-order valence-corrected chi connectivity index (χ3v) is 4.50. The summed E-state index contributed by atoms with van der Waals surface area (Å²) in [6.45, 7) is 0.526. The van der Waals surface area contributed by atoms with Crippen molar-refractivity contribution in [1.29, 1.82) is 0 Å². The van der Waals surface area contributed by atoms with Crippen LogP contribution in [0.4, 0.5) is 9.59 Å². The molecule has 4 amide bonds. The number of urea groups is 2. The van der Waals surface area contributed by atoms with Gasteiger partial charge in [0.2, 0.25) is 0 Å². The zero-order chi connectivity index (χ0) is 15.0. The molecule has 0 spiro atoms. The molecule has 2 fully saturated rings. The molecule has 0 saturated carbocycles. The van der Waals surface area contributed by atoms with Gasteiger partial charge in [-0.25, -0.2) is 19.5 Å². The number of nitrogens with zero attached hydrogens (tertiary/aromatic N) is 4. The van der Waals surface area contributed by atoms with Gasteiger partial charge in [-0.1, -0.05) is 30.3 Å². The van der Waals surface area contributed by atoms with Gasteiger partial charge >= 0.3 is 12.1 Å². The van der Waals surface area contributed by atoms with Crippen molar-refractivity contribution in [1.82, 2.24) is 20.2 Å². The predicted octanol–water partition coefficient (Wildman–Crippen LogP) is 1.50. The first-order valence-electron chi connectivity index (χ1n) is 6.43. The van der Waals surface area contributed by atoms with Crippen LogP contribution in [0.2, 0.25) is 0 Å². The van der Waals surface area contributed by atoms with Crippen molar-refractivity contribution >= 4 is 29.0 Å². The third kappa shape index (κ3) is 2.42. The summed E-state index contributed by atoms with van der Waals surface area (Å²) >= 11 is 1.35.